The average molecular weight is 773 g/mol. The number of para-hydroxylation sites is 4. The number of benzene rings is 8. The van der Waals surface area contributed by atoms with E-state index in [9.17, 15) is 4.79 Å². The highest BCUT2D eigenvalue weighted by atomic mass is 32.2. The summed E-state index contributed by atoms with van der Waals surface area (Å²) in [6.07, 6.45) is 0. The summed E-state index contributed by atoms with van der Waals surface area (Å²) in [7, 11) is 0. The highest BCUT2D eigenvalue weighted by molar-refractivity contribution is 8.00. The summed E-state index contributed by atoms with van der Waals surface area (Å²) in [5.74, 6) is 0. The standard InChI is InChI=1S/C49H30N2O2S2.C2H6/c52-49-37-27-21-34(32-19-25-36(26-20-32)51-41-11-3-7-15-47(41)55-48-16-8-4-12-42(48)51)30-44(37)53-43-28-22-33(29-38(43)49)31-17-23-35(24-18-31)50-39-9-1-5-13-45(39)54-46-14-6-2-10-40(46)50;1-2/h1-30H;1-2H3. The van der Waals surface area contributed by atoms with Crippen LogP contribution in [0.3, 0.4) is 0 Å². The van der Waals surface area contributed by atoms with Gasteiger partial charge >= 0.3 is 0 Å². The quantitative estimate of drug-likeness (QED) is 0.166. The van der Waals surface area contributed by atoms with Gasteiger partial charge in [-0.3, -0.25) is 4.79 Å². The molecule has 9 aromatic rings. The van der Waals surface area contributed by atoms with Crippen molar-refractivity contribution in [3.8, 4) is 22.3 Å². The predicted molar refractivity (Wildman–Crippen MR) is 240 cm³/mol. The van der Waals surface area contributed by atoms with Gasteiger partial charge in [0, 0.05) is 31.0 Å². The maximum Gasteiger partial charge on any atom is 0.200 e. The van der Waals surface area contributed by atoms with Gasteiger partial charge in [-0.2, -0.15) is 0 Å². The molecule has 0 amide bonds. The van der Waals surface area contributed by atoms with Crippen molar-refractivity contribution in [3.05, 3.63) is 192 Å². The molecule has 0 saturated carbocycles. The zero-order chi connectivity index (χ0) is 38.5. The highest BCUT2D eigenvalue weighted by Crippen LogP contribution is 2.52. The van der Waals surface area contributed by atoms with Crippen molar-refractivity contribution in [2.24, 2.45) is 0 Å². The van der Waals surface area contributed by atoms with Crippen molar-refractivity contribution < 1.29 is 4.42 Å². The normalized spacial score (nSPS) is 12.6. The van der Waals surface area contributed by atoms with E-state index in [0.29, 0.717) is 21.9 Å². The van der Waals surface area contributed by atoms with Gasteiger partial charge < -0.3 is 14.2 Å². The molecule has 0 spiro atoms. The molecule has 0 radical (unpaired) electrons. The molecule has 0 fully saturated rings. The van der Waals surface area contributed by atoms with Gasteiger partial charge in [0.05, 0.1) is 33.5 Å². The predicted octanol–water partition coefficient (Wildman–Crippen LogP) is 15.2. The van der Waals surface area contributed by atoms with E-state index in [1.807, 2.05) is 50.2 Å². The highest BCUT2D eigenvalue weighted by Gasteiger charge is 2.26. The first-order chi connectivity index (χ1) is 28.2. The van der Waals surface area contributed by atoms with Crippen LogP contribution < -0.4 is 15.2 Å². The lowest BCUT2D eigenvalue weighted by atomic mass is 10.0. The summed E-state index contributed by atoms with van der Waals surface area (Å²) in [6.45, 7) is 4.00. The summed E-state index contributed by atoms with van der Waals surface area (Å²) >= 11 is 3.61. The van der Waals surface area contributed by atoms with Crippen LogP contribution >= 0.6 is 23.5 Å². The SMILES string of the molecule is CC.O=c1c2ccc(-c3ccc(N4c5ccccc5Sc5ccccc54)cc3)cc2oc2ccc(-c3ccc(N4c5ccccc5Sc5ccccc54)cc3)cc12. The number of hydrogen-bond donors (Lipinski definition) is 0. The molecule has 8 aromatic carbocycles. The number of nitrogens with zero attached hydrogens (tertiary/aromatic N) is 2. The van der Waals surface area contributed by atoms with E-state index in [0.717, 1.165) is 33.6 Å². The van der Waals surface area contributed by atoms with Crippen LogP contribution in [0.1, 0.15) is 13.8 Å². The molecule has 0 atom stereocenters. The van der Waals surface area contributed by atoms with Crippen LogP contribution in [0.5, 0.6) is 0 Å². The summed E-state index contributed by atoms with van der Waals surface area (Å²) in [4.78, 5) is 23.5. The fraction of sp³-hybridized carbons (Fsp3) is 0.0392. The Morgan fingerprint density at radius 2 is 0.772 bits per heavy atom. The van der Waals surface area contributed by atoms with Gasteiger partial charge in [0.1, 0.15) is 11.2 Å². The first-order valence-electron chi connectivity index (χ1n) is 19.2. The van der Waals surface area contributed by atoms with Crippen molar-refractivity contribution in [2.75, 3.05) is 9.80 Å². The van der Waals surface area contributed by atoms with Gasteiger partial charge in [-0.1, -0.05) is 122 Å². The van der Waals surface area contributed by atoms with Gasteiger partial charge in [-0.15, -0.1) is 0 Å². The maximum atomic E-state index is 14.0. The molecule has 6 heteroatoms. The molecule has 3 heterocycles. The summed E-state index contributed by atoms with van der Waals surface area (Å²) in [5.41, 5.74) is 12.0. The van der Waals surface area contributed by atoms with Gasteiger partial charge in [-0.25, -0.2) is 0 Å². The second-order valence-electron chi connectivity index (χ2n) is 13.7. The Morgan fingerprint density at radius 3 is 1.23 bits per heavy atom. The largest absolute Gasteiger partial charge is 0.456 e. The molecule has 57 heavy (non-hydrogen) atoms. The Balaban J connectivity index is 0.00000195. The molecule has 0 aliphatic carbocycles. The van der Waals surface area contributed by atoms with Gasteiger partial charge in [0.2, 0.25) is 5.43 Å². The number of fused-ring (bicyclic) bond motifs is 6. The molecular formula is C51H36N2O2S2. The molecule has 0 N–H and O–H groups in total. The molecule has 11 rings (SSSR count). The van der Waals surface area contributed by atoms with E-state index in [2.05, 4.69) is 155 Å². The Bertz CT molecular complexity index is 2940. The molecule has 0 saturated heterocycles. The van der Waals surface area contributed by atoms with Crippen LogP contribution in [0.4, 0.5) is 34.1 Å². The molecular weight excluding hydrogens is 737 g/mol. The van der Waals surface area contributed by atoms with E-state index in [-0.39, 0.29) is 5.43 Å². The van der Waals surface area contributed by atoms with E-state index in [4.69, 9.17) is 4.42 Å². The van der Waals surface area contributed by atoms with Crippen molar-refractivity contribution in [1.29, 1.82) is 0 Å². The minimum atomic E-state index is -0.0315. The summed E-state index contributed by atoms with van der Waals surface area (Å²) < 4.78 is 6.42. The molecule has 274 valence electrons. The Kier molecular flexibility index (Phi) is 8.93. The van der Waals surface area contributed by atoms with Crippen LogP contribution in [-0.4, -0.2) is 0 Å². The van der Waals surface area contributed by atoms with Crippen molar-refractivity contribution in [2.45, 2.75) is 33.4 Å². The lowest BCUT2D eigenvalue weighted by Gasteiger charge is -2.32. The van der Waals surface area contributed by atoms with Crippen molar-refractivity contribution in [1.82, 2.24) is 0 Å². The fourth-order valence-electron chi connectivity index (χ4n) is 7.78. The maximum absolute atomic E-state index is 14.0. The smallest absolute Gasteiger partial charge is 0.200 e. The molecule has 0 bridgehead atoms. The molecule has 2 aliphatic rings. The number of hydrogen-bond acceptors (Lipinski definition) is 6. The fourth-order valence-corrected chi connectivity index (χ4v) is 9.90. The first kappa shape index (κ1) is 35.0. The van der Waals surface area contributed by atoms with Crippen LogP contribution in [0, 0.1) is 0 Å². The van der Waals surface area contributed by atoms with Crippen LogP contribution in [0.25, 0.3) is 44.2 Å². The van der Waals surface area contributed by atoms with E-state index in [1.165, 1.54) is 42.3 Å². The number of rotatable bonds is 4. The second-order valence-corrected chi connectivity index (χ2v) is 15.9. The third kappa shape index (κ3) is 6.09. The lowest BCUT2D eigenvalue weighted by Crippen LogP contribution is -2.14. The van der Waals surface area contributed by atoms with Gasteiger partial charge in [-0.05, 0) is 119 Å². The van der Waals surface area contributed by atoms with Gasteiger partial charge in [0.25, 0.3) is 0 Å². The molecule has 0 unspecified atom stereocenters. The topological polar surface area (TPSA) is 36.7 Å². The first-order valence-corrected chi connectivity index (χ1v) is 20.8. The van der Waals surface area contributed by atoms with Crippen molar-refractivity contribution in [3.63, 3.8) is 0 Å². The van der Waals surface area contributed by atoms with Gasteiger partial charge in [0.15, 0.2) is 0 Å². The molecule has 4 nitrogen and oxygen atoms in total. The van der Waals surface area contributed by atoms with E-state index < -0.39 is 0 Å². The Labute approximate surface area is 340 Å². The third-order valence-corrected chi connectivity index (χ3v) is 12.7. The summed E-state index contributed by atoms with van der Waals surface area (Å²) in [6, 6.07) is 63.1. The van der Waals surface area contributed by atoms with E-state index in [1.54, 1.807) is 23.5 Å². The average Bonchev–Trinajstić information content (AvgIpc) is 3.28. The summed E-state index contributed by atoms with van der Waals surface area (Å²) in [5, 5.41) is 1.14. The monoisotopic (exact) mass is 772 g/mol. The van der Waals surface area contributed by atoms with Crippen LogP contribution in [0.15, 0.2) is 211 Å². The van der Waals surface area contributed by atoms with Crippen molar-refractivity contribution >= 4 is 79.6 Å². The molecule has 2 aliphatic heterocycles. The number of anilines is 6. The minimum absolute atomic E-state index is 0.0315. The van der Waals surface area contributed by atoms with Crippen LogP contribution in [0.2, 0.25) is 0 Å². The Morgan fingerprint density at radius 1 is 0.386 bits per heavy atom. The minimum Gasteiger partial charge on any atom is -0.456 e. The van der Waals surface area contributed by atoms with E-state index >= 15 is 0 Å². The van der Waals surface area contributed by atoms with Crippen LogP contribution in [-0.2, 0) is 0 Å². The Hall–Kier alpha value is -6.47. The lowest BCUT2D eigenvalue weighted by molar-refractivity contribution is 0.660. The zero-order valence-corrected chi connectivity index (χ0v) is 33.0. The second kappa shape index (κ2) is 14.6. The zero-order valence-electron chi connectivity index (χ0n) is 31.3. The molecule has 1 aromatic heterocycles. The third-order valence-electron chi connectivity index (χ3n) is 10.5.